The van der Waals surface area contributed by atoms with Crippen molar-refractivity contribution in [2.75, 3.05) is 6.54 Å². The fourth-order valence-electron chi connectivity index (χ4n) is 2.42. The highest BCUT2D eigenvalue weighted by Crippen LogP contribution is 2.15. The molecule has 1 aromatic heterocycles. The molecule has 0 fully saturated rings. The average molecular weight is 307 g/mol. The van der Waals surface area contributed by atoms with Crippen molar-refractivity contribution >= 4 is 16.7 Å². The van der Waals surface area contributed by atoms with Crippen molar-refractivity contribution < 1.29 is 4.79 Å². The molecular weight excluding hydrogens is 290 g/mol. The molecule has 0 radical (unpaired) electrons. The molecule has 0 unspecified atom stereocenters. The third-order valence-corrected chi connectivity index (χ3v) is 3.63. The second kappa shape index (κ2) is 6.87. The van der Waals surface area contributed by atoms with E-state index in [-0.39, 0.29) is 11.5 Å². The highest BCUT2D eigenvalue weighted by atomic mass is 16.1. The number of hydrogen-bond acceptors (Lipinski definition) is 3. The molecule has 0 saturated carbocycles. The van der Waals surface area contributed by atoms with Gasteiger partial charge < -0.3 is 5.32 Å². The molecule has 0 aliphatic rings. The summed E-state index contributed by atoms with van der Waals surface area (Å²) in [6, 6.07) is 16.7. The maximum atomic E-state index is 12.2. The number of fused-ring (bicyclic) bond motifs is 1. The first-order chi connectivity index (χ1) is 11.2. The Morgan fingerprint density at radius 3 is 2.70 bits per heavy atom. The highest BCUT2D eigenvalue weighted by molar-refractivity contribution is 5.98. The van der Waals surface area contributed by atoms with Gasteiger partial charge in [-0.1, -0.05) is 30.3 Å². The summed E-state index contributed by atoms with van der Waals surface area (Å²) in [6.07, 6.45) is 2.23. The maximum Gasteiger partial charge on any atom is 0.266 e. The van der Waals surface area contributed by atoms with Gasteiger partial charge >= 0.3 is 0 Å². The lowest BCUT2D eigenvalue weighted by Crippen LogP contribution is -2.27. The first-order valence-corrected chi connectivity index (χ1v) is 7.53. The molecule has 1 amide bonds. The largest absolute Gasteiger partial charge is 0.352 e. The minimum absolute atomic E-state index is 0.107. The number of aromatic nitrogens is 2. The molecule has 23 heavy (non-hydrogen) atoms. The molecule has 1 heterocycles. The van der Waals surface area contributed by atoms with Crippen LogP contribution in [0.25, 0.3) is 10.8 Å². The van der Waals surface area contributed by atoms with E-state index in [0.717, 1.165) is 10.8 Å². The van der Waals surface area contributed by atoms with Gasteiger partial charge in [-0.3, -0.25) is 9.59 Å². The number of rotatable bonds is 5. The minimum atomic E-state index is -0.131. The van der Waals surface area contributed by atoms with Crippen LogP contribution in [0.2, 0.25) is 0 Å². The van der Waals surface area contributed by atoms with Gasteiger partial charge in [-0.05, 0) is 35.4 Å². The van der Waals surface area contributed by atoms with Crippen LogP contribution in [0.5, 0.6) is 0 Å². The second-order valence-electron chi connectivity index (χ2n) is 5.26. The van der Waals surface area contributed by atoms with Gasteiger partial charge in [-0.2, -0.15) is 5.10 Å². The summed E-state index contributed by atoms with van der Waals surface area (Å²) in [5.41, 5.74) is 0.507. The van der Waals surface area contributed by atoms with E-state index in [9.17, 15) is 9.59 Å². The van der Waals surface area contributed by atoms with Crippen molar-refractivity contribution in [2.45, 2.75) is 13.0 Å². The van der Waals surface area contributed by atoms with E-state index >= 15 is 0 Å². The van der Waals surface area contributed by atoms with Gasteiger partial charge in [0.25, 0.3) is 11.5 Å². The molecule has 2 aromatic carbocycles. The van der Waals surface area contributed by atoms with Crippen molar-refractivity contribution in [2.24, 2.45) is 0 Å². The van der Waals surface area contributed by atoms with Gasteiger partial charge in [0.2, 0.25) is 0 Å². The first kappa shape index (κ1) is 15.0. The lowest BCUT2D eigenvalue weighted by molar-refractivity contribution is 0.0952. The SMILES string of the molecule is O=C(NCCCn1ncccc1=O)c1ccc2ccccc2c1. The quantitative estimate of drug-likeness (QED) is 0.735. The molecule has 1 N–H and O–H groups in total. The van der Waals surface area contributed by atoms with Crippen LogP contribution >= 0.6 is 0 Å². The Bertz CT molecular complexity index is 886. The molecular formula is C18H17N3O2. The standard InChI is InChI=1S/C18H17N3O2/c22-17-7-3-11-20-21(17)12-4-10-19-18(23)16-9-8-14-5-1-2-6-15(14)13-16/h1-3,5-9,11,13H,4,10,12H2,(H,19,23). The Hall–Kier alpha value is -2.95. The van der Waals surface area contributed by atoms with Gasteiger partial charge in [0.1, 0.15) is 0 Å². The normalized spacial score (nSPS) is 10.6. The molecule has 3 rings (SSSR count). The topological polar surface area (TPSA) is 64.0 Å². The number of nitrogens with one attached hydrogen (secondary N) is 1. The van der Waals surface area contributed by atoms with Gasteiger partial charge in [0.15, 0.2) is 0 Å². The Morgan fingerprint density at radius 2 is 1.87 bits per heavy atom. The van der Waals surface area contributed by atoms with Gasteiger partial charge in [-0.25, -0.2) is 4.68 Å². The second-order valence-corrected chi connectivity index (χ2v) is 5.26. The van der Waals surface area contributed by atoms with Gasteiger partial charge in [0.05, 0.1) is 0 Å². The molecule has 0 atom stereocenters. The third-order valence-electron chi connectivity index (χ3n) is 3.63. The monoisotopic (exact) mass is 307 g/mol. The molecule has 5 nitrogen and oxygen atoms in total. The zero-order chi connectivity index (χ0) is 16.1. The molecule has 116 valence electrons. The molecule has 3 aromatic rings. The molecule has 0 aliphatic heterocycles. The Kier molecular flexibility index (Phi) is 4.47. The molecule has 0 saturated heterocycles. The summed E-state index contributed by atoms with van der Waals surface area (Å²) >= 11 is 0. The fraction of sp³-hybridized carbons (Fsp3) is 0.167. The molecule has 0 spiro atoms. The van der Waals surface area contributed by atoms with Crippen molar-refractivity contribution in [3.63, 3.8) is 0 Å². The fourth-order valence-corrected chi connectivity index (χ4v) is 2.42. The minimum Gasteiger partial charge on any atom is -0.352 e. The van der Waals surface area contributed by atoms with E-state index in [4.69, 9.17) is 0 Å². The van der Waals surface area contributed by atoms with E-state index in [2.05, 4.69) is 10.4 Å². The van der Waals surface area contributed by atoms with Crippen molar-refractivity contribution in [1.82, 2.24) is 15.1 Å². The molecule has 5 heteroatoms. The van der Waals surface area contributed by atoms with E-state index in [1.165, 1.54) is 10.7 Å². The molecule has 0 aliphatic carbocycles. The average Bonchev–Trinajstić information content (AvgIpc) is 2.59. The lowest BCUT2D eigenvalue weighted by atomic mass is 10.1. The van der Waals surface area contributed by atoms with Crippen LogP contribution in [-0.2, 0) is 6.54 Å². The Morgan fingerprint density at radius 1 is 1.04 bits per heavy atom. The van der Waals surface area contributed by atoms with Crippen LogP contribution in [0, 0.1) is 0 Å². The lowest BCUT2D eigenvalue weighted by Gasteiger charge is -2.07. The number of hydrogen-bond donors (Lipinski definition) is 1. The Balaban J connectivity index is 1.56. The summed E-state index contributed by atoms with van der Waals surface area (Å²) in [7, 11) is 0. The van der Waals surface area contributed by atoms with Crippen LogP contribution in [0.15, 0.2) is 65.6 Å². The van der Waals surface area contributed by atoms with Gasteiger partial charge in [-0.15, -0.1) is 0 Å². The van der Waals surface area contributed by atoms with E-state index in [1.54, 1.807) is 12.3 Å². The first-order valence-electron chi connectivity index (χ1n) is 7.53. The number of aryl methyl sites for hydroxylation is 1. The summed E-state index contributed by atoms with van der Waals surface area (Å²) in [5, 5.41) is 9.00. The molecule has 0 bridgehead atoms. The summed E-state index contributed by atoms with van der Waals surface area (Å²) in [5.74, 6) is -0.107. The van der Waals surface area contributed by atoms with Gasteiger partial charge in [0, 0.05) is 30.9 Å². The van der Waals surface area contributed by atoms with Crippen LogP contribution in [0.4, 0.5) is 0 Å². The van der Waals surface area contributed by atoms with Crippen LogP contribution in [0.1, 0.15) is 16.8 Å². The smallest absolute Gasteiger partial charge is 0.266 e. The third kappa shape index (κ3) is 3.63. The van der Waals surface area contributed by atoms with Crippen LogP contribution in [0.3, 0.4) is 0 Å². The maximum absolute atomic E-state index is 12.2. The number of nitrogens with zero attached hydrogens (tertiary/aromatic N) is 2. The highest BCUT2D eigenvalue weighted by Gasteiger charge is 2.05. The van der Waals surface area contributed by atoms with Crippen molar-refractivity contribution in [1.29, 1.82) is 0 Å². The van der Waals surface area contributed by atoms with Crippen LogP contribution in [-0.4, -0.2) is 22.2 Å². The Labute approximate surface area is 133 Å². The zero-order valence-corrected chi connectivity index (χ0v) is 12.6. The van der Waals surface area contributed by atoms with Crippen molar-refractivity contribution in [3.8, 4) is 0 Å². The van der Waals surface area contributed by atoms with Crippen molar-refractivity contribution in [3.05, 3.63) is 76.7 Å². The number of benzene rings is 2. The number of amides is 1. The predicted molar refractivity (Wildman–Crippen MR) is 89.4 cm³/mol. The summed E-state index contributed by atoms with van der Waals surface area (Å²) < 4.78 is 1.39. The zero-order valence-electron chi connectivity index (χ0n) is 12.6. The van der Waals surface area contributed by atoms with E-state index in [0.29, 0.717) is 25.1 Å². The number of carbonyl (C=O) groups is 1. The van der Waals surface area contributed by atoms with Crippen LogP contribution < -0.4 is 10.9 Å². The van der Waals surface area contributed by atoms with E-state index in [1.807, 2.05) is 42.5 Å². The summed E-state index contributed by atoms with van der Waals surface area (Å²) in [6.45, 7) is 0.979. The predicted octanol–water partition coefficient (Wildman–Crippen LogP) is 2.22. The summed E-state index contributed by atoms with van der Waals surface area (Å²) in [4.78, 5) is 23.7. The van der Waals surface area contributed by atoms with E-state index < -0.39 is 0 Å². The number of carbonyl (C=O) groups excluding carboxylic acids is 1.